The fourth-order valence-corrected chi connectivity index (χ4v) is 1.21. The molecule has 1 aliphatic heterocycles. The van der Waals surface area contributed by atoms with Crippen LogP contribution in [0.25, 0.3) is 0 Å². The smallest absolute Gasteiger partial charge is 0.247 e. The Morgan fingerprint density at radius 3 is 2.27 bits per heavy atom. The van der Waals surface area contributed by atoms with Crippen molar-refractivity contribution < 1.29 is 14.2 Å². The number of methoxy groups -OCH3 is 3. The molecule has 0 atom stereocenters. The van der Waals surface area contributed by atoms with Crippen LogP contribution in [-0.2, 0) is 14.2 Å². The zero-order valence-electron chi connectivity index (χ0n) is 7.09. The molecule has 0 radical (unpaired) electrons. The van der Waals surface area contributed by atoms with Crippen molar-refractivity contribution in [3.05, 3.63) is 0 Å². The molecule has 1 heterocycles. The molecular formula is C7H13NO3. The minimum absolute atomic E-state index is 0.530. The Labute approximate surface area is 66.2 Å². The molecule has 0 amide bonds. The summed E-state index contributed by atoms with van der Waals surface area (Å²) in [5.74, 6) is -0.197. The summed E-state index contributed by atoms with van der Waals surface area (Å²) in [5, 5.41) is 0. The molecule has 4 heteroatoms. The van der Waals surface area contributed by atoms with Gasteiger partial charge in [-0.15, -0.1) is 0 Å². The Morgan fingerprint density at radius 1 is 1.27 bits per heavy atom. The molecule has 64 valence electrons. The van der Waals surface area contributed by atoms with Crippen molar-refractivity contribution in [2.24, 2.45) is 4.99 Å². The lowest BCUT2D eigenvalue weighted by atomic mass is 10.2. The first kappa shape index (κ1) is 8.49. The van der Waals surface area contributed by atoms with Gasteiger partial charge in [0.25, 0.3) is 0 Å². The quantitative estimate of drug-likeness (QED) is 0.548. The monoisotopic (exact) mass is 159 g/mol. The topological polar surface area (TPSA) is 40.0 Å². The van der Waals surface area contributed by atoms with E-state index in [2.05, 4.69) is 4.99 Å². The van der Waals surface area contributed by atoms with Gasteiger partial charge in [-0.3, -0.25) is 4.99 Å². The van der Waals surface area contributed by atoms with Crippen molar-refractivity contribution in [1.82, 2.24) is 0 Å². The van der Waals surface area contributed by atoms with Crippen molar-refractivity contribution in [3.63, 3.8) is 0 Å². The van der Waals surface area contributed by atoms with E-state index in [4.69, 9.17) is 14.2 Å². The molecule has 0 spiro atoms. The van der Waals surface area contributed by atoms with E-state index in [0.717, 1.165) is 6.42 Å². The lowest BCUT2D eigenvalue weighted by Gasteiger charge is -2.25. The second-order valence-electron chi connectivity index (χ2n) is 2.30. The summed E-state index contributed by atoms with van der Waals surface area (Å²) < 4.78 is 15.4. The molecule has 0 bridgehead atoms. The van der Waals surface area contributed by atoms with Gasteiger partial charge in [-0.1, -0.05) is 0 Å². The van der Waals surface area contributed by atoms with Gasteiger partial charge in [0, 0.05) is 27.2 Å². The van der Waals surface area contributed by atoms with Crippen LogP contribution in [0.5, 0.6) is 0 Å². The van der Waals surface area contributed by atoms with Crippen LogP contribution in [-0.4, -0.2) is 39.6 Å². The van der Waals surface area contributed by atoms with E-state index in [0.29, 0.717) is 12.4 Å². The lowest BCUT2D eigenvalue weighted by Crippen LogP contribution is -2.40. The maximum absolute atomic E-state index is 5.17. The van der Waals surface area contributed by atoms with Gasteiger partial charge < -0.3 is 14.2 Å². The summed E-state index contributed by atoms with van der Waals surface area (Å²) in [6.07, 6.45) is 0.725. The van der Waals surface area contributed by atoms with Gasteiger partial charge >= 0.3 is 0 Å². The van der Waals surface area contributed by atoms with Crippen LogP contribution in [0.4, 0.5) is 0 Å². The standard InChI is InChI=1S/C7H13NO3/c1-9-6-7(10-2,11-3)4-5-8-6/h4-5H2,1-3H3. The Hall–Kier alpha value is -0.610. The largest absolute Gasteiger partial charge is 0.480 e. The van der Waals surface area contributed by atoms with Crippen LogP contribution in [0.1, 0.15) is 6.42 Å². The van der Waals surface area contributed by atoms with E-state index < -0.39 is 5.79 Å². The summed E-state index contributed by atoms with van der Waals surface area (Å²) in [7, 11) is 4.74. The van der Waals surface area contributed by atoms with Crippen LogP contribution in [0, 0.1) is 0 Å². The number of ether oxygens (including phenoxy) is 3. The van der Waals surface area contributed by atoms with Gasteiger partial charge in [-0.25, -0.2) is 0 Å². The predicted octanol–water partition coefficient (Wildman–Crippen LogP) is 0.424. The fourth-order valence-electron chi connectivity index (χ4n) is 1.21. The first-order chi connectivity index (χ1) is 5.29. The molecule has 0 aromatic carbocycles. The highest BCUT2D eigenvalue weighted by Gasteiger charge is 2.41. The van der Waals surface area contributed by atoms with Gasteiger partial charge in [-0.2, -0.15) is 0 Å². The minimum Gasteiger partial charge on any atom is -0.480 e. The predicted molar refractivity (Wildman–Crippen MR) is 40.7 cm³/mol. The molecule has 0 aromatic heterocycles. The SMILES string of the molecule is COC1=NCCC1(OC)OC. The molecule has 0 N–H and O–H groups in total. The first-order valence-electron chi connectivity index (χ1n) is 3.48. The zero-order valence-corrected chi connectivity index (χ0v) is 7.09. The molecule has 0 unspecified atom stereocenters. The summed E-state index contributed by atoms with van der Waals surface area (Å²) in [4.78, 5) is 4.09. The van der Waals surface area contributed by atoms with Crippen molar-refractivity contribution >= 4 is 5.90 Å². The number of aliphatic imine (C=N–C) groups is 1. The van der Waals surface area contributed by atoms with Crippen LogP contribution < -0.4 is 0 Å². The Morgan fingerprint density at radius 2 is 1.91 bits per heavy atom. The minimum atomic E-state index is -0.727. The van der Waals surface area contributed by atoms with Gasteiger partial charge in [0.2, 0.25) is 11.7 Å². The highest BCUT2D eigenvalue weighted by atomic mass is 16.7. The van der Waals surface area contributed by atoms with Crippen LogP contribution in [0.2, 0.25) is 0 Å². The third kappa shape index (κ3) is 1.23. The van der Waals surface area contributed by atoms with Gasteiger partial charge in [0.1, 0.15) is 0 Å². The maximum atomic E-state index is 5.17. The number of nitrogens with zero attached hydrogens (tertiary/aromatic N) is 1. The Bertz CT molecular complexity index is 163. The average Bonchev–Trinajstić information content (AvgIpc) is 2.47. The normalized spacial score (nSPS) is 21.5. The Kier molecular flexibility index (Phi) is 2.46. The fraction of sp³-hybridized carbons (Fsp3) is 0.857. The van der Waals surface area contributed by atoms with E-state index in [9.17, 15) is 0 Å². The second kappa shape index (κ2) is 3.19. The van der Waals surface area contributed by atoms with Crippen molar-refractivity contribution in [3.8, 4) is 0 Å². The van der Waals surface area contributed by atoms with Crippen molar-refractivity contribution in [2.45, 2.75) is 12.2 Å². The van der Waals surface area contributed by atoms with Crippen molar-refractivity contribution in [2.75, 3.05) is 27.9 Å². The van der Waals surface area contributed by atoms with E-state index in [-0.39, 0.29) is 0 Å². The molecule has 0 aliphatic carbocycles. The number of hydrogen-bond acceptors (Lipinski definition) is 4. The van der Waals surface area contributed by atoms with Crippen LogP contribution >= 0.6 is 0 Å². The summed E-state index contributed by atoms with van der Waals surface area (Å²) in [6.45, 7) is 0.699. The molecule has 0 saturated carbocycles. The second-order valence-corrected chi connectivity index (χ2v) is 2.30. The van der Waals surface area contributed by atoms with Crippen LogP contribution in [0.3, 0.4) is 0 Å². The lowest BCUT2D eigenvalue weighted by molar-refractivity contribution is -0.160. The third-order valence-corrected chi connectivity index (χ3v) is 1.87. The number of hydrogen-bond donors (Lipinski definition) is 0. The molecule has 1 aliphatic rings. The maximum Gasteiger partial charge on any atom is 0.247 e. The number of rotatable bonds is 2. The summed E-state index contributed by atoms with van der Waals surface area (Å²) >= 11 is 0. The van der Waals surface area contributed by atoms with Crippen molar-refractivity contribution in [1.29, 1.82) is 0 Å². The molecule has 4 nitrogen and oxygen atoms in total. The molecular weight excluding hydrogens is 146 g/mol. The van der Waals surface area contributed by atoms with E-state index >= 15 is 0 Å². The third-order valence-electron chi connectivity index (χ3n) is 1.87. The molecule has 0 fully saturated rings. The van der Waals surface area contributed by atoms with Crippen LogP contribution in [0.15, 0.2) is 4.99 Å². The summed E-state index contributed by atoms with van der Waals surface area (Å²) in [6, 6.07) is 0. The molecule has 1 rings (SSSR count). The van der Waals surface area contributed by atoms with E-state index in [1.54, 1.807) is 21.3 Å². The zero-order chi connectivity index (χ0) is 8.32. The molecule has 0 aromatic rings. The first-order valence-corrected chi connectivity index (χ1v) is 3.48. The molecule has 0 saturated heterocycles. The average molecular weight is 159 g/mol. The molecule has 11 heavy (non-hydrogen) atoms. The highest BCUT2D eigenvalue weighted by molar-refractivity contribution is 5.85. The highest BCUT2D eigenvalue weighted by Crippen LogP contribution is 2.24. The van der Waals surface area contributed by atoms with Gasteiger partial charge in [0.15, 0.2) is 0 Å². The van der Waals surface area contributed by atoms with E-state index in [1.165, 1.54) is 0 Å². The summed E-state index contributed by atoms with van der Waals surface area (Å²) in [5.41, 5.74) is 0. The van der Waals surface area contributed by atoms with Gasteiger partial charge in [0.05, 0.1) is 7.11 Å². The van der Waals surface area contributed by atoms with Gasteiger partial charge in [-0.05, 0) is 0 Å². The Balaban J connectivity index is 2.75. The van der Waals surface area contributed by atoms with E-state index in [1.807, 2.05) is 0 Å².